The van der Waals surface area contributed by atoms with Gasteiger partial charge in [-0.3, -0.25) is 14.4 Å². The van der Waals surface area contributed by atoms with Crippen LogP contribution in [0.15, 0.2) is 103 Å². The third-order valence-corrected chi connectivity index (χ3v) is 13.8. The summed E-state index contributed by atoms with van der Waals surface area (Å²) in [4.78, 5) is 46.2. The quantitative estimate of drug-likeness (QED) is 0.0711. The number of nitrogens with one attached hydrogen (secondary N) is 2. The van der Waals surface area contributed by atoms with E-state index in [4.69, 9.17) is 9.47 Å². The average molecular weight is 883 g/mol. The number of hydrogen-bond donors (Lipinski definition) is 5. The van der Waals surface area contributed by atoms with Gasteiger partial charge in [-0.05, 0) is 109 Å². The van der Waals surface area contributed by atoms with Gasteiger partial charge in [-0.2, -0.15) is 0 Å². The number of allylic oxidation sites excluding steroid dienone is 2. The molecule has 3 aromatic carbocycles. The highest BCUT2D eigenvalue weighted by atomic mass is 16.5. The van der Waals surface area contributed by atoms with Crippen LogP contribution in [0.1, 0.15) is 112 Å². The molecule has 1 aliphatic carbocycles. The maximum atomic E-state index is 14.4. The summed E-state index contributed by atoms with van der Waals surface area (Å²) >= 11 is 0. The lowest BCUT2D eigenvalue weighted by molar-refractivity contribution is -0.148. The van der Waals surface area contributed by atoms with Crippen molar-refractivity contribution in [3.8, 4) is 23.0 Å². The summed E-state index contributed by atoms with van der Waals surface area (Å²) in [6.07, 6.45) is 19.9. The molecule has 8 rings (SSSR count). The molecule has 3 aliphatic rings. The van der Waals surface area contributed by atoms with Crippen molar-refractivity contribution in [3.63, 3.8) is 0 Å². The fraction of sp³-hybridized carbons (Fsp3) is 0.415. The maximum absolute atomic E-state index is 14.4. The first-order chi connectivity index (χ1) is 31.5. The van der Waals surface area contributed by atoms with Crippen molar-refractivity contribution in [2.45, 2.75) is 109 Å². The average Bonchev–Trinajstić information content (AvgIpc) is 4.09. The van der Waals surface area contributed by atoms with E-state index in [1.165, 1.54) is 31.2 Å². The summed E-state index contributed by atoms with van der Waals surface area (Å²) in [7, 11) is 1.41. The second kappa shape index (κ2) is 20.2. The van der Waals surface area contributed by atoms with Gasteiger partial charge in [0.2, 0.25) is 5.75 Å². The first kappa shape index (κ1) is 45.1. The normalized spacial score (nSPS) is 21.2. The molecular weight excluding hydrogens is 821 g/mol. The van der Waals surface area contributed by atoms with Crippen LogP contribution in [0.3, 0.4) is 0 Å². The molecule has 0 amide bonds. The molecule has 0 radical (unpaired) electrons. The number of carbonyl (C=O) groups is 3. The van der Waals surface area contributed by atoms with Gasteiger partial charge in [0.15, 0.2) is 11.5 Å². The number of aromatic hydroxyl groups is 3. The van der Waals surface area contributed by atoms with E-state index >= 15 is 0 Å². The Labute approximate surface area is 381 Å². The molecular formula is C53H62N4O8. The lowest BCUT2D eigenvalue weighted by Gasteiger charge is -2.32. The number of H-pyrrole nitrogens is 1. The molecule has 1 fully saturated rings. The number of phenolic OH excluding ortho intramolecular Hbond substituents is 3. The van der Waals surface area contributed by atoms with Gasteiger partial charge in [0, 0.05) is 86.7 Å². The molecule has 2 aliphatic heterocycles. The van der Waals surface area contributed by atoms with Crippen molar-refractivity contribution in [2.24, 2.45) is 11.8 Å². The third-order valence-electron chi connectivity index (χ3n) is 13.8. The van der Waals surface area contributed by atoms with Crippen molar-refractivity contribution in [2.75, 3.05) is 25.1 Å². The summed E-state index contributed by atoms with van der Waals surface area (Å²) in [6.45, 7) is 4.53. The molecule has 342 valence electrons. The minimum atomic E-state index is -0.646. The molecule has 4 atom stereocenters. The second-order valence-electron chi connectivity index (χ2n) is 18.1. The number of phenols is 3. The van der Waals surface area contributed by atoms with Crippen LogP contribution >= 0.6 is 0 Å². The van der Waals surface area contributed by atoms with Crippen LogP contribution in [0, 0.1) is 11.8 Å². The lowest BCUT2D eigenvalue weighted by Crippen LogP contribution is -2.36. The highest BCUT2D eigenvalue weighted by molar-refractivity contribution is 5.95. The Hall–Kier alpha value is -6.43. The Balaban J connectivity index is 1.28. The Bertz CT molecular complexity index is 2580. The van der Waals surface area contributed by atoms with Crippen molar-refractivity contribution >= 4 is 34.0 Å². The van der Waals surface area contributed by atoms with Crippen LogP contribution in [-0.2, 0) is 32.0 Å². The Morgan fingerprint density at radius 1 is 0.877 bits per heavy atom. The molecule has 65 heavy (non-hydrogen) atoms. The highest BCUT2D eigenvalue weighted by Gasteiger charge is 2.30. The molecule has 4 unspecified atom stereocenters. The fourth-order valence-electron chi connectivity index (χ4n) is 10.3. The van der Waals surface area contributed by atoms with E-state index in [2.05, 4.69) is 58.8 Å². The van der Waals surface area contributed by atoms with Crippen LogP contribution in [0.4, 0.5) is 5.69 Å². The number of carbonyl (C=O) groups excluding carboxylic acids is 3. The van der Waals surface area contributed by atoms with E-state index in [0.29, 0.717) is 37.9 Å². The van der Waals surface area contributed by atoms with E-state index in [9.17, 15) is 29.7 Å². The molecule has 12 nitrogen and oxygen atoms in total. The number of aromatic nitrogens is 2. The van der Waals surface area contributed by atoms with Crippen molar-refractivity contribution in [3.05, 3.63) is 125 Å². The number of ether oxygens (including phenoxy) is 2. The summed E-state index contributed by atoms with van der Waals surface area (Å²) in [5.41, 5.74) is 5.89. The zero-order valence-electron chi connectivity index (χ0n) is 37.7. The van der Waals surface area contributed by atoms with Gasteiger partial charge < -0.3 is 44.6 Å². The predicted octanol–water partition coefficient (Wildman–Crippen LogP) is 9.68. The van der Waals surface area contributed by atoms with Gasteiger partial charge in [-0.15, -0.1) is 0 Å². The minimum absolute atomic E-state index is 0.00225. The number of methoxy groups -OCH3 is 1. The third kappa shape index (κ3) is 10.4. The van der Waals surface area contributed by atoms with Gasteiger partial charge in [0.25, 0.3) is 0 Å². The summed E-state index contributed by atoms with van der Waals surface area (Å²) in [5, 5.41) is 37.8. The van der Waals surface area contributed by atoms with E-state index < -0.39 is 23.9 Å². The van der Waals surface area contributed by atoms with Gasteiger partial charge >= 0.3 is 5.97 Å². The first-order valence-corrected chi connectivity index (χ1v) is 23.3. The highest BCUT2D eigenvalue weighted by Crippen LogP contribution is 2.42. The number of benzene rings is 3. The SMILES string of the molecule is CCC1CCC(OC(C)=O)CC(=O)CC(c2cc(O)c(O)c(OC)c2)n2cc3cccc(c3c2)N(CCC(=O)C2CCCC2)C2=CC(=CCN2)C(c2cccc(O)c2)Cc2c[nH]cc2C1. The molecule has 5 N–H and O–H groups in total. The van der Waals surface area contributed by atoms with E-state index in [1.54, 1.807) is 12.1 Å². The zero-order chi connectivity index (χ0) is 45.6. The summed E-state index contributed by atoms with van der Waals surface area (Å²) in [5.74, 6) is 0.274. The fourth-order valence-corrected chi connectivity index (χ4v) is 10.3. The molecule has 2 aromatic heterocycles. The van der Waals surface area contributed by atoms with Gasteiger partial charge in [-0.25, -0.2) is 0 Å². The van der Waals surface area contributed by atoms with Gasteiger partial charge in [0.05, 0.1) is 18.8 Å². The smallest absolute Gasteiger partial charge is 0.302 e. The van der Waals surface area contributed by atoms with E-state index in [-0.39, 0.29) is 59.4 Å². The molecule has 5 aromatic rings. The van der Waals surface area contributed by atoms with Crippen LogP contribution in [0.25, 0.3) is 10.8 Å². The number of esters is 1. The van der Waals surface area contributed by atoms with E-state index in [1.807, 2.05) is 41.2 Å². The molecule has 1 saturated carbocycles. The standard InChI is InChI=1S/C53H62N4O8/c1-4-34-15-16-44(65-33(2)58)27-43(60)28-48(39-24-50(62)53(63)51(25-39)64-3)56-31-38-12-8-14-47(46(38)32-56)57(20-18-49(61)35-9-5-6-10-35)52-26-37(17-19-55-52)45(36-11-7-13-42(59)22-36)23-41-30-54-29-40(41)21-34/h7-8,11-14,17,22,24-26,29-32,34-35,44-45,48,54-55,59,62-63H,4-6,9-10,15-16,18-21,23,27-28H2,1-3H3. The minimum Gasteiger partial charge on any atom is -0.508 e. The number of nitrogens with zero attached hydrogens (tertiary/aromatic N) is 2. The Morgan fingerprint density at radius 3 is 2.42 bits per heavy atom. The lowest BCUT2D eigenvalue weighted by atomic mass is 9.82. The van der Waals surface area contributed by atoms with Crippen LogP contribution < -0.4 is 15.0 Å². The molecule has 4 bridgehead atoms. The van der Waals surface area contributed by atoms with E-state index in [0.717, 1.165) is 78.4 Å². The number of Topliss-reactive ketones (excluding diaryl/α,β-unsaturated/α-hetero) is 2. The second-order valence-corrected chi connectivity index (χ2v) is 18.1. The van der Waals surface area contributed by atoms with Gasteiger partial charge in [-0.1, -0.05) is 56.5 Å². The number of anilines is 1. The largest absolute Gasteiger partial charge is 0.508 e. The maximum Gasteiger partial charge on any atom is 0.302 e. The van der Waals surface area contributed by atoms with Crippen molar-refractivity contribution < 1.29 is 39.2 Å². The zero-order valence-corrected chi connectivity index (χ0v) is 37.7. The number of hydrogen-bond acceptors (Lipinski definition) is 10. The van der Waals surface area contributed by atoms with Crippen LogP contribution in [-0.4, -0.2) is 68.7 Å². The Kier molecular flexibility index (Phi) is 14.0. The Morgan fingerprint density at radius 2 is 1.66 bits per heavy atom. The van der Waals surface area contributed by atoms with Crippen molar-refractivity contribution in [1.82, 2.24) is 14.9 Å². The molecule has 4 heterocycles. The monoisotopic (exact) mass is 882 g/mol. The molecule has 0 spiro atoms. The number of rotatable bonds is 9. The number of aromatic amines is 1. The topological polar surface area (TPSA) is 166 Å². The van der Waals surface area contributed by atoms with Crippen molar-refractivity contribution in [1.29, 1.82) is 0 Å². The molecule has 12 heteroatoms. The van der Waals surface area contributed by atoms with Gasteiger partial charge in [0.1, 0.15) is 29.2 Å². The molecule has 0 saturated heterocycles. The van der Waals surface area contributed by atoms with Crippen LogP contribution in [0.2, 0.25) is 0 Å². The summed E-state index contributed by atoms with van der Waals surface area (Å²) in [6, 6.07) is 16.0. The number of fused-ring (bicyclic) bond motifs is 3. The number of dihydropyridines is 1. The van der Waals surface area contributed by atoms with Crippen LogP contribution in [0.5, 0.6) is 23.0 Å². The number of ketones is 2. The predicted molar refractivity (Wildman–Crippen MR) is 251 cm³/mol. The summed E-state index contributed by atoms with van der Waals surface area (Å²) < 4.78 is 13.3. The first-order valence-electron chi connectivity index (χ1n) is 23.3.